The fourth-order valence-corrected chi connectivity index (χ4v) is 4.44. The van der Waals surface area contributed by atoms with Gasteiger partial charge in [-0.05, 0) is 66.5 Å². The van der Waals surface area contributed by atoms with E-state index in [4.69, 9.17) is 0 Å². The molecule has 2 aromatic rings. The van der Waals surface area contributed by atoms with Crippen LogP contribution in [0.4, 0.5) is 8.78 Å². The molecule has 3 rings (SSSR count). The molecule has 0 saturated heterocycles. The number of aliphatic hydroxyl groups is 1. The number of aryl methyl sites for hydroxylation is 2. The molecule has 3 N–H and O–H groups in total. The first kappa shape index (κ1) is 23.4. The van der Waals surface area contributed by atoms with Crippen molar-refractivity contribution in [2.24, 2.45) is 0 Å². The van der Waals surface area contributed by atoms with Crippen molar-refractivity contribution in [1.82, 2.24) is 10.6 Å². The molecule has 1 aliphatic carbocycles. The van der Waals surface area contributed by atoms with E-state index in [1.165, 1.54) is 35.7 Å². The van der Waals surface area contributed by atoms with E-state index in [9.17, 15) is 18.7 Å². The van der Waals surface area contributed by atoms with Crippen molar-refractivity contribution >= 4 is 5.91 Å². The number of hydrogen-bond donors (Lipinski definition) is 3. The van der Waals surface area contributed by atoms with Crippen LogP contribution in [0.15, 0.2) is 36.4 Å². The highest BCUT2D eigenvalue weighted by Gasteiger charge is 2.25. The fraction of sp³-hybridized carbons (Fsp3) is 0.480. The summed E-state index contributed by atoms with van der Waals surface area (Å²) >= 11 is 0. The van der Waals surface area contributed by atoms with Crippen molar-refractivity contribution < 1.29 is 18.7 Å². The third-order valence-electron chi connectivity index (χ3n) is 5.87. The van der Waals surface area contributed by atoms with Crippen LogP contribution in [0.5, 0.6) is 0 Å². The number of amides is 1. The Hall–Kier alpha value is -2.31. The number of rotatable bonds is 9. The lowest BCUT2D eigenvalue weighted by Gasteiger charge is -2.30. The lowest BCUT2D eigenvalue weighted by atomic mass is 9.86. The summed E-state index contributed by atoms with van der Waals surface area (Å²) in [5.41, 5.74) is 4.33. The third kappa shape index (κ3) is 6.58. The van der Waals surface area contributed by atoms with E-state index in [0.717, 1.165) is 38.2 Å². The number of carbonyl (C=O) groups excluding carboxylic acids is 1. The predicted octanol–water partition coefficient (Wildman–Crippen LogP) is 3.99. The van der Waals surface area contributed by atoms with Gasteiger partial charge in [0.25, 0.3) is 0 Å². The first-order valence-electron chi connectivity index (χ1n) is 11.1. The van der Waals surface area contributed by atoms with Crippen molar-refractivity contribution in [1.29, 1.82) is 0 Å². The average molecular weight is 431 g/mol. The Morgan fingerprint density at radius 2 is 1.90 bits per heavy atom. The lowest BCUT2D eigenvalue weighted by Crippen LogP contribution is -2.48. The highest BCUT2D eigenvalue weighted by molar-refractivity contribution is 5.73. The molecular formula is C25H32F2N2O2. The number of fused-ring (bicyclic) bond motifs is 1. The van der Waals surface area contributed by atoms with Gasteiger partial charge in [0.2, 0.25) is 5.91 Å². The van der Waals surface area contributed by atoms with E-state index in [0.29, 0.717) is 5.56 Å². The van der Waals surface area contributed by atoms with Crippen LogP contribution in [-0.2, 0) is 24.1 Å². The second kappa shape index (κ2) is 10.8. The van der Waals surface area contributed by atoms with E-state index in [-0.39, 0.29) is 24.9 Å². The van der Waals surface area contributed by atoms with Crippen LogP contribution in [0.25, 0.3) is 0 Å². The quantitative estimate of drug-likeness (QED) is 0.564. The predicted molar refractivity (Wildman–Crippen MR) is 118 cm³/mol. The van der Waals surface area contributed by atoms with Gasteiger partial charge >= 0.3 is 0 Å². The summed E-state index contributed by atoms with van der Waals surface area (Å²) in [6.07, 6.45) is 4.48. The Morgan fingerprint density at radius 1 is 1.16 bits per heavy atom. The summed E-state index contributed by atoms with van der Waals surface area (Å²) in [4.78, 5) is 11.7. The molecule has 0 aromatic heterocycles. The molecule has 0 heterocycles. The van der Waals surface area contributed by atoms with Gasteiger partial charge in [0.1, 0.15) is 11.6 Å². The zero-order valence-corrected chi connectivity index (χ0v) is 18.3. The minimum atomic E-state index is -0.903. The Morgan fingerprint density at radius 3 is 2.58 bits per heavy atom. The molecule has 0 aliphatic heterocycles. The molecular weight excluding hydrogens is 398 g/mol. The van der Waals surface area contributed by atoms with Crippen molar-refractivity contribution in [3.05, 3.63) is 70.3 Å². The van der Waals surface area contributed by atoms with Crippen LogP contribution in [0.3, 0.4) is 0 Å². The van der Waals surface area contributed by atoms with Crippen LogP contribution in [0.1, 0.15) is 61.4 Å². The number of aliphatic hydroxyl groups excluding tert-OH is 1. The normalized spacial score (nSPS) is 17.6. The number of hydrogen-bond acceptors (Lipinski definition) is 3. The second-order valence-corrected chi connectivity index (χ2v) is 8.49. The molecule has 1 aliphatic rings. The van der Waals surface area contributed by atoms with Gasteiger partial charge in [-0.2, -0.15) is 0 Å². The monoisotopic (exact) mass is 430 g/mol. The third-order valence-corrected chi connectivity index (χ3v) is 5.87. The second-order valence-electron chi connectivity index (χ2n) is 8.49. The van der Waals surface area contributed by atoms with E-state index in [2.05, 4.69) is 35.8 Å². The van der Waals surface area contributed by atoms with Gasteiger partial charge in [0.15, 0.2) is 0 Å². The SMILES string of the molecule is CCCc1ccc2c(c1)C(NCC(O)C(Cc1cc(F)cc(F)c1)NC(C)=O)CCC2. The van der Waals surface area contributed by atoms with Crippen LogP contribution in [0.2, 0.25) is 0 Å². The maximum atomic E-state index is 13.6. The summed E-state index contributed by atoms with van der Waals surface area (Å²) in [6, 6.07) is 9.43. The fourth-order valence-electron chi connectivity index (χ4n) is 4.44. The average Bonchev–Trinajstić information content (AvgIpc) is 2.70. The zero-order valence-electron chi connectivity index (χ0n) is 18.3. The van der Waals surface area contributed by atoms with Crippen molar-refractivity contribution in [2.75, 3.05) is 6.54 Å². The largest absolute Gasteiger partial charge is 0.390 e. The number of nitrogens with one attached hydrogen (secondary N) is 2. The van der Waals surface area contributed by atoms with E-state index in [1.54, 1.807) is 0 Å². The summed E-state index contributed by atoms with van der Waals surface area (Å²) in [5.74, 6) is -1.65. The van der Waals surface area contributed by atoms with Gasteiger partial charge < -0.3 is 15.7 Å². The summed E-state index contributed by atoms with van der Waals surface area (Å²) < 4.78 is 27.1. The molecule has 0 spiro atoms. The van der Waals surface area contributed by atoms with E-state index < -0.39 is 23.8 Å². The Balaban J connectivity index is 1.69. The standard InChI is InChI=1S/C25H32F2N2O2/c1-3-5-17-8-9-19-6-4-7-23(22(19)12-17)28-15-25(31)24(29-16(2)30)13-18-10-20(26)14-21(27)11-18/h8-12,14,23-25,28,31H,3-7,13,15H2,1-2H3,(H,29,30). The van der Waals surface area contributed by atoms with Gasteiger partial charge in [0.05, 0.1) is 12.1 Å². The summed E-state index contributed by atoms with van der Waals surface area (Å²) in [7, 11) is 0. The number of carbonyl (C=O) groups is 1. The lowest BCUT2D eigenvalue weighted by molar-refractivity contribution is -0.120. The van der Waals surface area contributed by atoms with E-state index >= 15 is 0 Å². The van der Waals surface area contributed by atoms with Crippen LogP contribution in [0, 0.1) is 11.6 Å². The number of halogens is 2. The Labute approximate surface area is 183 Å². The zero-order chi connectivity index (χ0) is 22.4. The Kier molecular flexibility index (Phi) is 8.15. The minimum absolute atomic E-state index is 0.138. The molecule has 0 bridgehead atoms. The van der Waals surface area contributed by atoms with Crippen molar-refractivity contribution in [2.45, 2.75) is 70.6 Å². The van der Waals surface area contributed by atoms with Gasteiger partial charge in [0, 0.05) is 25.6 Å². The van der Waals surface area contributed by atoms with Gasteiger partial charge in [-0.25, -0.2) is 8.78 Å². The molecule has 3 unspecified atom stereocenters. The molecule has 0 fully saturated rings. The molecule has 3 atom stereocenters. The molecule has 6 heteroatoms. The first-order chi connectivity index (χ1) is 14.9. The highest BCUT2D eigenvalue weighted by Crippen LogP contribution is 2.31. The maximum Gasteiger partial charge on any atom is 0.217 e. The molecule has 31 heavy (non-hydrogen) atoms. The smallest absolute Gasteiger partial charge is 0.217 e. The summed E-state index contributed by atoms with van der Waals surface area (Å²) in [5, 5.41) is 17.0. The van der Waals surface area contributed by atoms with Gasteiger partial charge in [-0.1, -0.05) is 31.5 Å². The van der Waals surface area contributed by atoms with Crippen molar-refractivity contribution in [3.8, 4) is 0 Å². The van der Waals surface area contributed by atoms with Gasteiger partial charge in [-0.3, -0.25) is 4.79 Å². The molecule has 2 aromatic carbocycles. The first-order valence-corrected chi connectivity index (χ1v) is 11.1. The van der Waals surface area contributed by atoms with Crippen molar-refractivity contribution in [3.63, 3.8) is 0 Å². The van der Waals surface area contributed by atoms with Crippen LogP contribution < -0.4 is 10.6 Å². The van der Waals surface area contributed by atoms with E-state index in [1.807, 2.05) is 0 Å². The molecule has 0 radical (unpaired) electrons. The van der Waals surface area contributed by atoms with Gasteiger partial charge in [-0.15, -0.1) is 0 Å². The summed E-state index contributed by atoms with van der Waals surface area (Å²) in [6.45, 7) is 3.80. The minimum Gasteiger partial charge on any atom is -0.390 e. The number of benzene rings is 2. The maximum absolute atomic E-state index is 13.6. The molecule has 1 amide bonds. The Bertz CT molecular complexity index is 883. The molecule has 0 saturated carbocycles. The molecule has 4 nitrogen and oxygen atoms in total. The highest BCUT2D eigenvalue weighted by atomic mass is 19.1. The molecule has 168 valence electrons. The topological polar surface area (TPSA) is 61.4 Å². The van der Waals surface area contributed by atoms with Crippen LogP contribution in [-0.4, -0.2) is 29.7 Å². The van der Waals surface area contributed by atoms with Crippen LogP contribution >= 0.6 is 0 Å².